The first-order chi connectivity index (χ1) is 13.9. The van der Waals surface area contributed by atoms with E-state index in [0.717, 1.165) is 22.2 Å². The molecule has 3 rings (SSSR count). The SMILES string of the molecule is O=C(COc1ccccc1F)NCCN1C(=O)S/C(=C/c2ccc(Cl)cc2)C1=O. The summed E-state index contributed by atoms with van der Waals surface area (Å²) in [6, 6.07) is 12.6. The molecule has 0 bridgehead atoms. The van der Waals surface area contributed by atoms with E-state index in [9.17, 15) is 18.8 Å². The first kappa shape index (κ1) is 20.9. The third kappa shape index (κ3) is 5.58. The summed E-state index contributed by atoms with van der Waals surface area (Å²) in [7, 11) is 0. The van der Waals surface area contributed by atoms with Gasteiger partial charge in [-0.2, -0.15) is 0 Å². The number of ether oxygens (including phenoxy) is 1. The fourth-order valence-corrected chi connectivity index (χ4v) is 3.46. The Morgan fingerprint density at radius 1 is 1.17 bits per heavy atom. The molecule has 0 saturated carbocycles. The summed E-state index contributed by atoms with van der Waals surface area (Å²) in [6.45, 7) is -0.293. The van der Waals surface area contributed by atoms with Crippen molar-refractivity contribution in [3.05, 3.63) is 69.8 Å². The zero-order valence-electron chi connectivity index (χ0n) is 15.1. The van der Waals surface area contributed by atoms with Crippen molar-refractivity contribution in [3.63, 3.8) is 0 Å². The smallest absolute Gasteiger partial charge is 0.293 e. The monoisotopic (exact) mass is 434 g/mol. The molecule has 29 heavy (non-hydrogen) atoms. The zero-order valence-corrected chi connectivity index (χ0v) is 16.6. The number of rotatable bonds is 7. The van der Waals surface area contributed by atoms with Crippen LogP contribution in [0.15, 0.2) is 53.4 Å². The molecule has 1 N–H and O–H groups in total. The second-order valence-electron chi connectivity index (χ2n) is 5.95. The number of hydrogen-bond acceptors (Lipinski definition) is 5. The molecule has 2 aromatic rings. The van der Waals surface area contributed by atoms with Crippen molar-refractivity contribution < 1.29 is 23.5 Å². The molecule has 1 heterocycles. The summed E-state index contributed by atoms with van der Waals surface area (Å²) < 4.78 is 18.5. The van der Waals surface area contributed by atoms with Crippen LogP contribution < -0.4 is 10.1 Å². The molecule has 9 heteroatoms. The molecule has 3 amide bonds. The third-order valence-electron chi connectivity index (χ3n) is 3.89. The number of halogens is 2. The molecule has 0 radical (unpaired) electrons. The fraction of sp³-hybridized carbons (Fsp3) is 0.150. The molecule has 1 fully saturated rings. The molecule has 1 aliphatic rings. The van der Waals surface area contributed by atoms with Crippen molar-refractivity contribution in [2.75, 3.05) is 19.7 Å². The Bertz CT molecular complexity index is 965. The van der Waals surface area contributed by atoms with Gasteiger partial charge in [-0.25, -0.2) is 4.39 Å². The van der Waals surface area contributed by atoms with E-state index in [-0.39, 0.29) is 25.4 Å². The van der Waals surface area contributed by atoms with Crippen molar-refractivity contribution >= 4 is 46.5 Å². The molecular weight excluding hydrogens is 419 g/mol. The molecule has 6 nitrogen and oxygen atoms in total. The molecule has 0 aliphatic carbocycles. The highest BCUT2D eigenvalue weighted by atomic mass is 35.5. The van der Waals surface area contributed by atoms with Gasteiger partial charge < -0.3 is 10.1 Å². The van der Waals surface area contributed by atoms with E-state index in [1.165, 1.54) is 18.2 Å². The van der Waals surface area contributed by atoms with E-state index in [1.807, 2.05) is 0 Å². The topological polar surface area (TPSA) is 75.7 Å². The van der Waals surface area contributed by atoms with Crippen LogP contribution in [0.3, 0.4) is 0 Å². The van der Waals surface area contributed by atoms with Crippen molar-refractivity contribution in [2.24, 2.45) is 0 Å². The Labute approximate surface area is 175 Å². The molecule has 1 aliphatic heterocycles. The maximum Gasteiger partial charge on any atom is 0.293 e. The second-order valence-corrected chi connectivity index (χ2v) is 7.38. The number of carbonyl (C=O) groups is 3. The highest BCUT2D eigenvalue weighted by Crippen LogP contribution is 2.32. The molecule has 0 spiro atoms. The predicted octanol–water partition coefficient (Wildman–Crippen LogP) is 3.71. The number of para-hydroxylation sites is 1. The largest absolute Gasteiger partial charge is 0.481 e. The van der Waals surface area contributed by atoms with Crippen molar-refractivity contribution in [3.8, 4) is 5.75 Å². The van der Waals surface area contributed by atoms with Crippen LogP contribution in [-0.2, 0) is 9.59 Å². The Balaban J connectivity index is 1.48. The number of nitrogens with zero attached hydrogens (tertiary/aromatic N) is 1. The summed E-state index contributed by atoms with van der Waals surface area (Å²) in [4.78, 5) is 37.7. The molecule has 2 aromatic carbocycles. The van der Waals surface area contributed by atoms with Gasteiger partial charge in [0, 0.05) is 18.1 Å². The van der Waals surface area contributed by atoms with E-state index >= 15 is 0 Å². The Kier molecular flexibility index (Phi) is 6.90. The fourth-order valence-electron chi connectivity index (χ4n) is 2.47. The zero-order chi connectivity index (χ0) is 20.8. The van der Waals surface area contributed by atoms with Crippen LogP contribution in [0.1, 0.15) is 5.56 Å². The number of amides is 3. The lowest BCUT2D eigenvalue weighted by molar-refractivity contribution is -0.125. The van der Waals surface area contributed by atoms with E-state index in [0.29, 0.717) is 9.93 Å². The van der Waals surface area contributed by atoms with E-state index in [1.54, 1.807) is 36.4 Å². The lowest BCUT2D eigenvalue weighted by atomic mass is 10.2. The van der Waals surface area contributed by atoms with Crippen molar-refractivity contribution in [2.45, 2.75) is 0 Å². The summed E-state index contributed by atoms with van der Waals surface area (Å²) in [6.07, 6.45) is 1.61. The summed E-state index contributed by atoms with van der Waals surface area (Å²) >= 11 is 6.67. The number of hydrogen-bond donors (Lipinski definition) is 1. The van der Waals surface area contributed by atoms with E-state index in [2.05, 4.69) is 5.32 Å². The standard InChI is InChI=1S/C20H16ClFN2O4S/c21-14-7-5-13(6-8-14)11-17-19(26)24(20(27)29-17)10-9-23-18(25)12-28-16-4-2-1-3-15(16)22/h1-8,11H,9-10,12H2,(H,23,25)/b17-11+. The van der Waals surface area contributed by atoms with Crippen LogP contribution >= 0.6 is 23.4 Å². The van der Waals surface area contributed by atoms with Crippen LogP contribution in [0.4, 0.5) is 9.18 Å². The summed E-state index contributed by atoms with van der Waals surface area (Å²) in [5.74, 6) is -1.50. The third-order valence-corrected chi connectivity index (χ3v) is 5.05. The molecule has 150 valence electrons. The van der Waals surface area contributed by atoms with Gasteiger partial charge in [-0.05, 0) is 47.7 Å². The van der Waals surface area contributed by atoms with Gasteiger partial charge in [0.2, 0.25) is 0 Å². The van der Waals surface area contributed by atoms with Crippen LogP contribution in [0.5, 0.6) is 5.75 Å². The summed E-state index contributed by atoms with van der Waals surface area (Å²) in [5.41, 5.74) is 0.749. The average Bonchev–Trinajstić information content (AvgIpc) is 2.96. The van der Waals surface area contributed by atoms with Crippen molar-refractivity contribution in [1.82, 2.24) is 10.2 Å². The molecule has 0 unspecified atom stereocenters. The van der Waals surface area contributed by atoms with Crippen LogP contribution in [-0.4, -0.2) is 41.6 Å². The van der Waals surface area contributed by atoms with Crippen LogP contribution in [0.25, 0.3) is 6.08 Å². The Hall–Kier alpha value is -2.84. The predicted molar refractivity (Wildman–Crippen MR) is 109 cm³/mol. The number of nitrogens with one attached hydrogen (secondary N) is 1. The van der Waals surface area contributed by atoms with Crippen LogP contribution in [0, 0.1) is 5.82 Å². The van der Waals surface area contributed by atoms with E-state index < -0.39 is 22.9 Å². The lowest BCUT2D eigenvalue weighted by Crippen LogP contribution is -2.38. The van der Waals surface area contributed by atoms with Crippen LogP contribution in [0.2, 0.25) is 5.02 Å². The number of carbonyl (C=O) groups excluding carboxylic acids is 3. The quantitative estimate of drug-likeness (QED) is 0.672. The highest BCUT2D eigenvalue weighted by Gasteiger charge is 2.34. The molecule has 1 saturated heterocycles. The average molecular weight is 435 g/mol. The Morgan fingerprint density at radius 3 is 2.62 bits per heavy atom. The van der Waals surface area contributed by atoms with Gasteiger partial charge in [-0.15, -0.1) is 0 Å². The maximum atomic E-state index is 13.4. The molecule has 0 aromatic heterocycles. The molecular formula is C20H16ClFN2O4S. The number of imide groups is 1. The highest BCUT2D eigenvalue weighted by molar-refractivity contribution is 8.18. The molecule has 0 atom stereocenters. The van der Waals surface area contributed by atoms with Gasteiger partial charge in [-0.3, -0.25) is 19.3 Å². The number of benzene rings is 2. The van der Waals surface area contributed by atoms with Gasteiger partial charge in [0.05, 0.1) is 4.91 Å². The first-order valence-electron chi connectivity index (χ1n) is 8.59. The Morgan fingerprint density at radius 2 is 1.90 bits per heavy atom. The second kappa shape index (κ2) is 9.58. The minimum atomic E-state index is -0.564. The van der Waals surface area contributed by atoms with E-state index in [4.69, 9.17) is 16.3 Å². The minimum absolute atomic E-state index is 0.0219. The first-order valence-corrected chi connectivity index (χ1v) is 9.78. The van der Waals surface area contributed by atoms with Gasteiger partial charge in [0.25, 0.3) is 17.1 Å². The van der Waals surface area contributed by atoms with Gasteiger partial charge in [0.15, 0.2) is 18.2 Å². The normalized spacial score (nSPS) is 15.1. The van der Waals surface area contributed by atoms with Crippen molar-refractivity contribution in [1.29, 1.82) is 0 Å². The van der Waals surface area contributed by atoms with Gasteiger partial charge in [0.1, 0.15) is 0 Å². The summed E-state index contributed by atoms with van der Waals surface area (Å²) in [5, 5.41) is 2.70. The number of thioether (sulfide) groups is 1. The minimum Gasteiger partial charge on any atom is -0.481 e. The van der Waals surface area contributed by atoms with Gasteiger partial charge >= 0.3 is 0 Å². The van der Waals surface area contributed by atoms with Gasteiger partial charge in [-0.1, -0.05) is 35.9 Å². The lowest BCUT2D eigenvalue weighted by Gasteiger charge is -2.13. The maximum absolute atomic E-state index is 13.4.